The van der Waals surface area contributed by atoms with Crippen LogP contribution in [0.4, 0.5) is 22.7 Å². The van der Waals surface area contributed by atoms with Crippen LogP contribution in [0.5, 0.6) is 0 Å². The van der Waals surface area contributed by atoms with Gasteiger partial charge in [0.05, 0.1) is 32.5 Å². The molecule has 0 aliphatic carbocycles. The number of anilines is 4. The maximum absolute atomic E-state index is 13.0. The summed E-state index contributed by atoms with van der Waals surface area (Å²) in [5.74, 6) is -2.35. The number of amides is 4. The summed E-state index contributed by atoms with van der Waals surface area (Å²) in [4.78, 5) is 48.6. The van der Waals surface area contributed by atoms with Gasteiger partial charge in [0.1, 0.15) is 0 Å². The zero-order chi connectivity index (χ0) is 22.5. The monoisotopic (exact) mass is 438 g/mol. The van der Waals surface area contributed by atoms with Crippen LogP contribution in [0.3, 0.4) is 0 Å². The highest BCUT2D eigenvalue weighted by Gasteiger charge is 2.30. The standard InChI is InChI=1S/C20H14N4O6S/c21-13-9-11(1-3-15(13)23-17(25)5-6-18(23)26)31(29,30)12-2-4-16(14(22)10-12)24-19(27)7-8-20(24)28/h1-10H,21-22H2. The third-order valence-electron chi connectivity index (χ3n) is 4.72. The fraction of sp³-hybridized carbons (Fsp3) is 0. The van der Waals surface area contributed by atoms with Gasteiger partial charge in [0, 0.05) is 24.3 Å². The van der Waals surface area contributed by atoms with Crippen LogP contribution in [0.25, 0.3) is 0 Å². The molecule has 0 radical (unpaired) electrons. The van der Waals surface area contributed by atoms with Crippen molar-refractivity contribution < 1.29 is 27.6 Å². The first kappa shape index (κ1) is 20.0. The van der Waals surface area contributed by atoms with Crippen LogP contribution >= 0.6 is 0 Å². The Labute approximate surface area is 175 Å². The summed E-state index contributed by atoms with van der Waals surface area (Å²) in [6.07, 6.45) is 4.34. The number of nitrogen functional groups attached to an aromatic ring is 2. The molecule has 0 aromatic heterocycles. The zero-order valence-electron chi connectivity index (χ0n) is 15.7. The Morgan fingerprint density at radius 2 is 0.903 bits per heavy atom. The van der Waals surface area contributed by atoms with E-state index in [0.717, 1.165) is 46.2 Å². The van der Waals surface area contributed by atoms with Gasteiger partial charge in [-0.25, -0.2) is 18.2 Å². The molecular formula is C20H14N4O6S. The average Bonchev–Trinajstić information content (AvgIpc) is 3.23. The van der Waals surface area contributed by atoms with Crippen molar-refractivity contribution in [3.8, 4) is 0 Å². The average molecular weight is 438 g/mol. The highest BCUT2D eigenvalue weighted by molar-refractivity contribution is 7.91. The second kappa shape index (κ2) is 6.92. The number of hydrogen-bond acceptors (Lipinski definition) is 8. The first-order chi connectivity index (χ1) is 14.6. The molecule has 2 heterocycles. The third-order valence-corrected chi connectivity index (χ3v) is 6.47. The van der Waals surface area contributed by atoms with Gasteiger partial charge in [-0.3, -0.25) is 19.2 Å². The van der Waals surface area contributed by atoms with Crippen molar-refractivity contribution in [3.05, 3.63) is 60.7 Å². The lowest BCUT2D eigenvalue weighted by Crippen LogP contribution is -2.30. The number of carbonyl (C=O) groups excluding carboxylic acids is 4. The first-order valence-corrected chi connectivity index (χ1v) is 10.3. The van der Waals surface area contributed by atoms with Crippen LogP contribution in [0, 0.1) is 0 Å². The largest absolute Gasteiger partial charge is 0.397 e. The molecule has 0 spiro atoms. The number of carbonyl (C=O) groups is 4. The number of rotatable bonds is 4. The zero-order valence-corrected chi connectivity index (χ0v) is 16.5. The topological polar surface area (TPSA) is 161 Å². The lowest BCUT2D eigenvalue weighted by atomic mass is 10.2. The van der Waals surface area contributed by atoms with E-state index in [1.807, 2.05) is 0 Å². The molecule has 4 N–H and O–H groups in total. The summed E-state index contributed by atoms with van der Waals surface area (Å²) in [5, 5.41) is 0. The Bertz CT molecular complexity index is 1230. The second-order valence-electron chi connectivity index (χ2n) is 6.64. The Morgan fingerprint density at radius 3 is 1.19 bits per heavy atom. The number of hydrogen-bond donors (Lipinski definition) is 2. The minimum atomic E-state index is -4.09. The summed E-state index contributed by atoms with van der Waals surface area (Å²) >= 11 is 0. The molecule has 0 unspecified atom stereocenters. The van der Waals surface area contributed by atoms with Crippen LogP contribution in [-0.4, -0.2) is 32.0 Å². The van der Waals surface area contributed by atoms with E-state index in [0.29, 0.717) is 0 Å². The van der Waals surface area contributed by atoms with E-state index in [-0.39, 0.29) is 32.5 Å². The normalized spacial score (nSPS) is 16.1. The molecule has 10 nitrogen and oxygen atoms in total. The van der Waals surface area contributed by atoms with E-state index >= 15 is 0 Å². The number of benzene rings is 2. The van der Waals surface area contributed by atoms with Crippen molar-refractivity contribution in [1.82, 2.24) is 0 Å². The molecule has 156 valence electrons. The summed E-state index contributed by atoms with van der Waals surface area (Å²) in [6, 6.07) is 7.20. The van der Waals surface area contributed by atoms with E-state index < -0.39 is 33.5 Å². The number of sulfone groups is 1. The van der Waals surface area contributed by atoms with Crippen molar-refractivity contribution in [3.63, 3.8) is 0 Å². The van der Waals surface area contributed by atoms with E-state index in [9.17, 15) is 27.6 Å². The molecule has 2 aromatic rings. The predicted octanol–water partition coefficient (Wildman–Crippen LogP) is 0.543. The summed E-state index contributed by atoms with van der Waals surface area (Å²) in [5.41, 5.74) is 11.8. The van der Waals surface area contributed by atoms with Gasteiger partial charge >= 0.3 is 0 Å². The molecule has 0 saturated carbocycles. The Balaban J connectivity index is 1.69. The molecule has 0 saturated heterocycles. The molecule has 11 heteroatoms. The summed E-state index contributed by atoms with van der Waals surface area (Å²) in [7, 11) is -4.09. The van der Waals surface area contributed by atoms with Gasteiger partial charge < -0.3 is 11.5 Å². The van der Waals surface area contributed by atoms with Gasteiger partial charge in [0.25, 0.3) is 23.6 Å². The van der Waals surface area contributed by atoms with Crippen LogP contribution in [0.2, 0.25) is 0 Å². The summed E-state index contributed by atoms with van der Waals surface area (Å²) in [6.45, 7) is 0. The minimum Gasteiger partial charge on any atom is -0.397 e. The van der Waals surface area contributed by atoms with Crippen molar-refractivity contribution >= 4 is 56.2 Å². The van der Waals surface area contributed by atoms with Gasteiger partial charge in [0.2, 0.25) is 9.84 Å². The van der Waals surface area contributed by atoms with Crippen molar-refractivity contribution in [2.24, 2.45) is 0 Å². The molecule has 31 heavy (non-hydrogen) atoms. The molecule has 4 rings (SSSR count). The predicted molar refractivity (Wildman–Crippen MR) is 110 cm³/mol. The quantitative estimate of drug-likeness (QED) is 0.516. The maximum atomic E-state index is 13.0. The number of imide groups is 2. The van der Waals surface area contributed by atoms with E-state index in [1.165, 1.54) is 24.3 Å². The van der Waals surface area contributed by atoms with Gasteiger partial charge in [-0.1, -0.05) is 0 Å². The molecule has 2 aliphatic heterocycles. The molecule has 2 aromatic carbocycles. The van der Waals surface area contributed by atoms with Gasteiger partial charge in [0.15, 0.2) is 0 Å². The SMILES string of the molecule is Nc1cc(S(=O)(=O)c2ccc(N3C(=O)C=CC3=O)c(N)c2)ccc1N1C(=O)C=CC1=O. The Kier molecular flexibility index (Phi) is 4.47. The third kappa shape index (κ3) is 3.16. The van der Waals surface area contributed by atoms with Crippen molar-refractivity contribution in [2.45, 2.75) is 9.79 Å². The summed E-state index contributed by atoms with van der Waals surface area (Å²) < 4.78 is 26.1. The van der Waals surface area contributed by atoms with Crippen LogP contribution in [0.15, 0.2) is 70.5 Å². The Morgan fingerprint density at radius 1 is 0.581 bits per heavy atom. The molecule has 0 fully saturated rings. The van der Waals surface area contributed by atoms with E-state index in [2.05, 4.69) is 0 Å². The van der Waals surface area contributed by atoms with Crippen molar-refractivity contribution in [2.75, 3.05) is 21.3 Å². The molecule has 4 amide bonds. The lowest BCUT2D eigenvalue weighted by Gasteiger charge is -2.18. The molecular weight excluding hydrogens is 424 g/mol. The van der Waals surface area contributed by atoms with Crippen LogP contribution in [0.1, 0.15) is 0 Å². The first-order valence-electron chi connectivity index (χ1n) is 8.77. The van der Waals surface area contributed by atoms with E-state index in [1.54, 1.807) is 0 Å². The van der Waals surface area contributed by atoms with Gasteiger partial charge in [-0.15, -0.1) is 0 Å². The van der Waals surface area contributed by atoms with Gasteiger partial charge in [-0.05, 0) is 36.4 Å². The molecule has 0 bridgehead atoms. The highest BCUT2D eigenvalue weighted by atomic mass is 32.2. The fourth-order valence-corrected chi connectivity index (χ4v) is 4.55. The molecule has 0 atom stereocenters. The van der Waals surface area contributed by atoms with Crippen LogP contribution in [-0.2, 0) is 29.0 Å². The lowest BCUT2D eigenvalue weighted by molar-refractivity contribution is -0.121. The van der Waals surface area contributed by atoms with Crippen LogP contribution < -0.4 is 21.3 Å². The van der Waals surface area contributed by atoms with Crippen molar-refractivity contribution in [1.29, 1.82) is 0 Å². The molecule has 2 aliphatic rings. The maximum Gasteiger partial charge on any atom is 0.258 e. The highest BCUT2D eigenvalue weighted by Crippen LogP contribution is 2.34. The fourth-order valence-electron chi connectivity index (χ4n) is 3.22. The van der Waals surface area contributed by atoms with Gasteiger partial charge in [-0.2, -0.15) is 0 Å². The number of nitrogens with zero attached hydrogens (tertiary/aromatic N) is 2. The number of nitrogens with two attached hydrogens (primary N) is 2. The minimum absolute atomic E-state index is 0.0624. The smallest absolute Gasteiger partial charge is 0.258 e. The second-order valence-corrected chi connectivity index (χ2v) is 8.58. The Hall–Kier alpha value is -4.25. The van der Waals surface area contributed by atoms with E-state index in [4.69, 9.17) is 11.5 Å².